The lowest BCUT2D eigenvalue weighted by Gasteiger charge is -2.29. The third kappa shape index (κ3) is 6.86. The average molecular weight is 526 g/mol. The second-order valence-corrected chi connectivity index (χ2v) is 6.72. The number of anilines is 1. The summed E-state index contributed by atoms with van der Waals surface area (Å²) >= 11 is 0. The van der Waals surface area contributed by atoms with Crippen molar-refractivity contribution in [1.82, 2.24) is 10.6 Å². The molecule has 2 aromatic carbocycles. The average Bonchev–Trinajstić information content (AvgIpc) is 2.72. The number of fused-ring (bicyclic) bond motifs is 1. The summed E-state index contributed by atoms with van der Waals surface area (Å²) in [5.41, 5.74) is 1.76. The number of nitrogens with zero attached hydrogens (tertiary/aromatic N) is 2. The Hall–Kier alpha value is -2.36. The molecule has 2 aromatic rings. The molecule has 1 heterocycles. The molecule has 30 heavy (non-hydrogen) atoms. The number of hydrogen-bond acceptors (Lipinski definition) is 3. The number of rotatable bonds is 8. The molecule has 0 radical (unpaired) electrons. The minimum Gasteiger partial charge on any atom is -0.482 e. The Morgan fingerprint density at radius 2 is 2.03 bits per heavy atom. The predicted molar refractivity (Wildman–Crippen MR) is 128 cm³/mol. The van der Waals surface area contributed by atoms with Crippen LogP contribution in [0.25, 0.3) is 0 Å². The van der Waals surface area contributed by atoms with Crippen LogP contribution in [0.3, 0.4) is 0 Å². The van der Waals surface area contributed by atoms with Crippen LogP contribution in [0.4, 0.5) is 10.1 Å². The smallest absolute Gasteiger partial charge is 0.265 e. The monoisotopic (exact) mass is 526 g/mol. The van der Waals surface area contributed by atoms with E-state index in [1.165, 1.54) is 6.07 Å². The summed E-state index contributed by atoms with van der Waals surface area (Å²) in [5.74, 6) is 1.20. The van der Waals surface area contributed by atoms with Crippen LogP contribution < -0.4 is 20.3 Å². The lowest BCUT2D eigenvalue weighted by atomic mass is 10.1. The summed E-state index contributed by atoms with van der Waals surface area (Å²) in [7, 11) is 0. The van der Waals surface area contributed by atoms with Gasteiger partial charge in [-0.2, -0.15) is 0 Å². The minimum absolute atomic E-state index is 0. The van der Waals surface area contributed by atoms with Gasteiger partial charge in [0.15, 0.2) is 12.6 Å². The van der Waals surface area contributed by atoms with E-state index in [1.807, 2.05) is 37.3 Å². The fraction of sp³-hybridized carbons (Fsp3) is 0.364. The van der Waals surface area contributed by atoms with E-state index in [1.54, 1.807) is 17.0 Å². The van der Waals surface area contributed by atoms with E-state index in [0.29, 0.717) is 26.1 Å². The molecule has 0 saturated carbocycles. The molecule has 0 saturated heterocycles. The number of aliphatic imine (C=N–C) groups is 1. The molecule has 0 atom stereocenters. The molecule has 0 aromatic heterocycles. The number of para-hydroxylation sites is 2. The number of halogens is 2. The van der Waals surface area contributed by atoms with Gasteiger partial charge < -0.3 is 20.3 Å². The largest absolute Gasteiger partial charge is 0.482 e. The SMILES string of the molecule is CCNC(=NCCCN1C(=O)COc2ccccc21)NCCc1cccc(F)c1.I. The highest BCUT2D eigenvalue weighted by Crippen LogP contribution is 2.31. The Bertz CT molecular complexity index is 863. The van der Waals surface area contributed by atoms with Crippen LogP contribution in [-0.2, 0) is 11.2 Å². The first-order chi connectivity index (χ1) is 14.2. The molecule has 0 bridgehead atoms. The van der Waals surface area contributed by atoms with Crippen molar-refractivity contribution in [2.24, 2.45) is 4.99 Å². The van der Waals surface area contributed by atoms with E-state index in [9.17, 15) is 9.18 Å². The molecule has 0 spiro atoms. The van der Waals surface area contributed by atoms with Crippen molar-refractivity contribution in [1.29, 1.82) is 0 Å². The van der Waals surface area contributed by atoms with Crippen molar-refractivity contribution < 1.29 is 13.9 Å². The van der Waals surface area contributed by atoms with Crippen LogP contribution in [-0.4, -0.2) is 44.7 Å². The third-order valence-electron chi connectivity index (χ3n) is 4.56. The van der Waals surface area contributed by atoms with Gasteiger partial charge >= 0.3 is 0 Å². The second-order valence-electron chi connectivity index (χ2n) is 6.72. The number of benzene rings is 2. The quantitative estimate of drug-likeness (QED) is 0.240. The van der Waals surface area contributed by atoms with Gasteiger partial charge in [0.25, 0.3) is 5.91 Å². The normalized spacial score (nSPS) is 13.2. The first-order valence-corrected chi connectivity index (χ1v) is 9.96. The van der Waals surface area contributed by atoms with Gasteiger partial charge in [-0.3, -0.25) is 9.79 Å². The molecule has 2 N–H and O–H groups in total. The lowest BCUT2D eigenvalue weighted by molar-refractivity contribution is -0.121. The molecular formula is C22H28FIN4O2. The summed E-state index contributed by atoms with van der Waals surface area (Å²) in [4.78, 5) is 18.5. The van der Waals surface area contributed by atoms with Gasteiger partial charge in [-0.05, 0) is 49.6 Å². The molecule has 0 fully saturated rings. The van der Waals surface area contributed by atoms with Crippen LogP contribution in [0.15, 0.2) is 53.5 Å². The van der Waals surface area contributed by atoms with E-state index < -0.39 is 0 Å². The molecule has 1 aliphatic rings. The van der Waals surface area contributed by atoms with Crippen molar-refractivity contribution in [3.8, 4) is 5.75 Å². The van der Waals surface area contributed by atoms with Crippen molar-refractivity contribution in [2.75, 3.05) is 37.7 Å². The van der Waals surface area contributed by atoms with Gasteiger partial charge in [-0.15, -0.1) is 24.0 Å². The number of hydrogen-bond donors (Lipinski definition) is 2. The van der Waals surface area contributed by atoms with Gasteiger partial charge in [0.1, 0.15) is 11.6 Å². The van der Waals surface area contributed by atoms with Crippen molar-refractivity contribution in [3.05, 3.63) is 59.9 Å². The maximum atomic E-state index is 13.3. The minimum atomic E-state index is -0.220. The van der Waals surface area contributed by atoms with Crippen molar-refractivity contribution >= 4 is 41.5 Å². The molecule has 0 unspecified atom stereocenters. The van der Waals surface area contributed by atoms with Gasteiger partial charge in [-0.1, -0.05) is 24.3 Å². The molecule has 162 valence electrons. The molecular weight excluding hydrogens is 498 g/mol. The molecule has 3 rings (SSSR count). The zero-order valence-corrected chi connectivity index (χ0v) is 19.4. The number of carbonyl (C=O) groups is 1. The van der Waals surface area contributed by atoms with Crippen molar-refractivity contribution in [2.45, 2.75) is 19.8 Å². The number of ether oxygens (including phenoxy) is 1. The summed E-state index contributed by atoms with van der Waals surface area (Å²) in [6.07, 6.45) is 1.45. The van der Waals surface area contributed by atoms with Crippen molar-refractivity contribution in [3.63, 3.8) is 0 Å². The maximum absolute atomic E-state index is 13.3. The third-order valence-corrected chi connectivity index (χ3v) is 4.56. The molecule has 6 nitrogen and oxygen atoms in total. The van der Waals surface area contributed by atoms with Gasteiger partial charge in [-0.25, -0.2) is 4.39 Å². The van der Waals surface area contributed by atoms with Crippen LogP contribution >= 0.6 is 24.0 Å². The summed E-state index contributed by atoms with van der Waals surface area (Å²) in [5, 5.41) is 6.47. The number of amides is 1. The lowest BCUT2D eigenvalue weighted by Crippen LogP contribution is -2.40. The first-order valence-electron chi connectivity index (χ1n) is 9.96. The van der Waals surface area contributed by atoms with E-state index in [2.05, 4.69) is 15.6 Å². The molecule has 1 amide bonds. The van der Waals surface area contributed by atoms with Gasteiger partial charge in [0.2, 0.25) is 0 Å². The Labute approximate surface area is 193 Å². The second kappa shape index (κ2) is 12.4. The number of guanidine groups is 1. The van der Waals surface area contributed by atoms with Gasteiger partial charge in [0.05, 0.1) is 5.69 Å². The molecule has 8 heteroatoms. The number of nitrogens with one attached hydrogen (secondary N) is 2. The highest BCUT2D eigenvalue weighted by molar-refractivity contribution is 14.0. The maximum Gasteiger partial charge on any atom is 0.265 e. The predicted octanol–water partition coefficient (Wildman–Crippen LogP) is 3.36. The Morgan fingerprint density at radius 3 is 2.83 bits per heavy atom. The highest BCUT2D eigenvalue weighted by Gasteiger charge is 2.24. The summed E-state index contributed by atoms with van der Waals surface area (Å²) in [6.45, 7) is 4.66. The van der Waals surface area contributed by atoms with Crippen LogP contribution in [0.2, 0.25) is 0 Å². The molecule has 0 aliphatic carbocycles. The van der Waals surface area contributed by atoms with E-state index >= 15 is 0 Å². The molecule has 1 aliphatic heterocycles. The van der Waals surface area contributed by atoms with Crippen LogP contribution in [0.1, 0.15) is 18.9 Å². The number of carbonyl (C=O) groups excluding carboxylic acids is 1. The summed E-state index contributed by atoms with van der Waals surface area (Å²) in [6, 6.07) is 14.2. The fourth-order valence-corrected chi connectivity index (χ4v) is 3.18. The standard InChI is InChI=1S/C22H27FN4O2.HI/c1-2-24-22(26-13-11-17-7-5-8-18(23)15-17)25-12-6-14-27-19-9-3-4-10-20(19)29-16-21(27)28;/h3-5,7-10,15H,2,6,11-14,16H2,1H3,(H2,24,25,26);1H. The zero-order chi connectivity index (χ0) is 20.5. The van der Waals surface area contributed by atoms with E-state index in [4.69, 9.17) is 4.74 Å². The highest BCUT2D eigenvalue weighted by atomic mass is 127. The summed E-state index contributed by atoms with van der Waals surface area (Å²) < 4.78 is 18.7. The Morgan fingerprint density at radius 1 is 1.20 bits per heavy atom. The van der Waals surface area contributed by atoms with E-state index in [0.717, 1.165) is 35.9 Å². The Kier molecular flexibility index (Phi) is 9.85. The zero-order valence-electron chi connectivity index (χ0n) is 17.1. The van der Waals surface area contributed by atoms with E-state index in [-0.39, 0.29) is 42.3 Å². The van der Waals surface area contributed by atoms with Crippen LogP contribution in [0, 0.1) is 5.82 Å². The topological polar surface area (TPSA) is 66.0 Å². The van der Waals surface area contributed by atoms with Crippen LogP contribution in [0.5, 0.6) is 5.75 Å². The fourth-order valence-electron chi connectivity index (χ4n) is 3.18. The van der Waals surface area contributed by atoms with Gasteiger partial charge in [0, 0.05) is 26.2 Å². The Balaban J connectivity index is 0.00000320. The first kappa shape index (κ1) is 23.9.